The summed E-state index contributed by atoms with van der Waals surface area (Å²) in [5.74, 6) is 0.496. The highest BCUT2D eigenvalue weighted by Crippen LogP contribution is 2.45. The molecular weight excluding hydrogens is 302 g/mol. The number of methoxy groups -OCH3 is 1. The number of amides is 1. The Kier molecular flexibility index (Phi) is 4.53. The molecule has 1 aromatic carbocycles. The summed E-state index contributed by atoms with van der Waals surface area (Å²) in [7, 11) is 1.70. The average Bonchev–Trinajstić information content (AvgIpc) is 3.36. The number of pyridine rings is 1. The number of anilines is 1. The fraction of sp³-hybridized carbons (Fsp3) is 0.368. The molecule has 0 aliphatic heterocycles. The lowest BCUT2D eigenvalue weighted by atomic mass is 10.0. The average molecular weight is 325 g/mol. The third-order valence-corrected chi connectivity index (χ3v) is 4.63. The fourth-order valence-electron chi connectivity index (χ4n) is 2.78. The van der Waals surface area contributed by atoms with E-state index in [0.29, 0.717) is 24.5 Å². The molecule has 1 aromatic heterocycles. The molecule has 5 heteroatoms. The maximum atomic E-state index is 12.3. The summed E-state index contributed by atoms with van der Waals surface area (Å²) in [5, 5.41) is 3.01. The summed E-state index contributed by atoms with van der Waals surface area (Å²) in [4.78, 5) is 16.5. The van der Waals surface area contributed by atoms with Gasteiger partial charge < -0.3 is 15.8 Å². The Morgan fingerprint density at radius 3 is 2.58 bits per heavy atom. The summed E-state index contributed by atoms with van der Waals surface area (Å²) >= 11 is 0. The SMILES string of the molecule is COCC1(CNC(=O)c2ccc(-c3cnc(N)c(C)c3)cc2)CC1. The van der Waals surface area contributed by atoms with Crippen molar-refractivity contribution in [2.75, 3.05) is 26.0 Å². The molecule has 5 nitrogen and oxygen atoms in total. The molecule has 1 fully saturated rings. The summed E-state index contributed by atoms with van der Waals surface area (Å²) in [6.07, 6.45) is 3.98. The zero-order valence-electron chi connectivity index (χ0n) is 14.1. The lowest BCUT2D eigenvalue weighted by Gasteiger charge is -2.15. The number of aromatic nitrogens is 1. The van der Waals surface area contributed by atoms with Gasteiger partial charge in [-0.25, -0.2) is 4.98 Å². The molecule has 0 unspecified atom stereocenters. The third kappa shape index (κ3) is 3.57. The van der Waals surface area contributed by atoms with E-state index in [0.717, 1.165) is 29.5 Å². The minimum atomic E-state index is -0.0458. The van der Waals surface area contributed by atoms with E-state index in [-0.39, 0.29) is 11.3 Å². The number of nitrogens with two attached hydrogens (primary N) is 1. The van der Waals surface area contributed by atoms with E-state index in [9.17, 15) is 4.79 Å². The standard InChI is InChI=1S/C19H23N3O2/c1-13-9-16(10-21-17(13)20)14-3-5-15(6-4-14)18(23)22-11-19(7-8-19)12-24-2/h3-6,9-10H,7-8,11-12H2,1-2H3,(H2,20,21)(H,22,23). The molecule has 0 spiro atoms. The highest BCUT2D eigenvalue weighted by Gasteiger charge is 2.42. The monoisotopic (exact) mass is 325 g/mol. The van der Waals surface area contributed by atoms with E-state index in [4.69, 9.17) is 10.5 Å². The molecule has 3 N–H and O–H groups in total. The van der Waals surface area contributed by atoms with Gasteiger partial charge in [0.1, 0.15) is 5.82 Å². The summed E-state index contributed by atoms with van der Waals surface area (Å²) in [6.45, 7) is 3.31. The van der Waals surface area contributed by atoms with Crippen LogP contribution >= 0.6 is 0 Å². The number of nitrogens with one attached hydrogen (secondary N) is 1. The lowest BCUT2D eigenvalue weighted by molar-refractivity contribution is 0.0919. The van der Waals surface area contributed by atoms with Crippen molar-refractivity contribution in [3.63, 3.8) is 0 Å². The zero-order valence-corrected chi connectivity index (χ0v) is 14.1. The first-order valence-corrected chi connectivity index (χ1v) is 8.13. The van der Waals surface area contributed by atoms with Crippen LogP contribution in [0.4, 0.5) is 5.82 Å². The van der Waals surface area contributed by atoms with Gasteiger partial charge in [-0.1, -0.05) is 12.1 Å². The van der Waals surface area contributed by atoms with Crippen molar-refractivity contribution in [2.24, 2.45) is 5.41 Å². The van der Waals surface area contributed by atoms with Crippen LogP contribution in [0.1, 0.15) is 28.8 Å². The normalized spacial score (nSPS) is 15.1. The quantitative estimate of drug-likeness (QED) is 0.856. The molecular formula is C19H23N3O2. The van der Waals surface area contributed by atoms with Gasteiger partial charge in [-0.2, -0.15) is 0 Å². The Morgan fingerprint density at radius 1 is 1.29 bits per heavy atom. The minimum Gasteiger partial charge on any atom is -0.384 e. The lowest BCUT2D eigenvalue weighted by Crippen LogP contribution is -2.32. The van der Waals surface area contributed by atoms with Gasteiger partial charge in [-0.3, -0.25) is 4.79 Å². The second-order valence-electron chi connectivity index (χ2n) is 6.62. The van der Waals surface area contributed by atoms with Gasteiger partial charge in [0.25, 0.3) is 5.91 Å². The minimum absolute atomic E-state index is 0.0458. The van der Waals surface area contributed by atoms with Crippen LogP contribution in [0.5, 0.6) is 0 Å². The number of nitrogens with zero attached hydrogens (tertiary/aromatic N) is 1. The molecule has 1 aliphatic carbocycles. The smallest absolute Gasteiger partial charge is 0.251 e. The number of carbonyl (C=O) groups excluding carboxylic acids is 1. The Balaban J connectivity index is 1.65. The highest BCUT2D eigenvalue weighted by molar-refractivity contribution is 5.94. The molecule has 3 rings (SSSR count). The van der Waals surface area contributed by atoms with Crippen LogP contribution in [0.25, 0.3) is 11.1 Å². The predicted molar refractivity (Wildman–Crippen MR) is 94.7 cm³/mol. The van der Waals surface area contributed by atoms with Crippen molar-refractivity contribution >= 4 is 11.7 Å². The molecule has 2 aromatic rings. The van der Waals surface area contributed by atoms with Crippen molar-refractivity contribution < 1.29 is 9.53 Å². The molecule has 1 heterocycles. The largest absolute Gasteiger partial charge is 0.384 e. The Morgan fingerprint density at radius 2 is 2.00 bits per heavy atom. The van der Waals surface area contributed by atoms with E-state index in [1.165, 1.54) is 0 Å². The number of ether oxygens (including phenoxy) is 1. The van der Waals surface area contributed by atoms with Crippen LogP contribution in [0.15, 0.2) is 36.5 Å². The van der Waals surface area contributed by atoms with Gasteiger partial charge in [-0.15, -0.1) is 0 Å². The van der Waals surface area contributed by atoms with Gasteiger partial charge in [0.05, 0.1) is 6.61 Å². The predicted octanol–water partition coefficient (Wildman–Crippen LogP) is 2.80. The van der Waals surface area contributed by atoms with Crippen LogP contribution in [0, 0.1) is 12.3 Å². The summed E-state index contributed by atoms with van der Waals surface area (Å²) < 4.78 is 5.22. The number of aryl methyl sites for hydroxylation is 1. The van der Waals surface area contributed by atoms with Crippen molar-refractivity contribution in [3.8, 4) is 11.1 Å². The van der Waals surface area contributed by atoms with Crippen molar-refractivity contribution in [2.45, 2.75) is 19.8 Å². The third-order valence-electron chi connectivity index (χ3n) is 4.63. The molecule has 24 heavy (non-hydrogen) atoms. The number of hydrogen-bond donors (Lipinski definition) is 2. The van der Waals surface area contributed by atoms with Crippen molar-refractivity contribution in [1.29, 1.82) is 0 Å². The molecule has 0 saturated heterocycles. The summed E-state index contributed by atoms with van der Waals surface area (Å²) in [5.41, 5.74) is 9.51. The van der Waals surface area contributed by atoms with Gasteiger partial charge >= 0.3 is 0 Å². The summed E-state index contributed by atoms with van der Waals surface area (Å²) in [6, 6.07) is 9.55. The van der Waals surface area contributed by atoms with E-state index >= 15 is 0 Å². The maximum absolute atomic E-state index is 12.3. The second kappa shape index (κ2) is 6.61. The van der Waals surface area contributed by atoms with Gasteiger partial charge in [0.15, 0.2) is 0 Å². The van der Waals surface area contributed by atoms with Gasteiger partial charge in [0, 0.05) is 36.4 Å². The first kappa shape index (κ1) is 16.5. The van der Waals surface area contributed by atoms with E-state index in [1.807, 2.05) is 37.3 Å². The van der Waals surface area contributed by atoms with Crippen LogP contribution in [0.3, 0.4) is 0 Å². The van der Waals surface area contributed by atoms with Gasteiger partial charge in [0.2, 0.25) is 0 Å². The maximum Gasteiger partial charge on any atom is 0.251 e. The van der Waals surface area contributed by atoms with Gasteiger partial charge in [-0.05, 0) is 49.1 Å². The Hall–Kier alpha value is -2.40. The van der Waals surface area contributed by atoms with Crippen molar-refractivity contribution in [3.05, 3.63) is 47.7 Å². The second-order valence-corrected chi connectivity index (χ2v) is 6.62. The Labute approximate surface area is 142 Å². The topological polar surface area (TPSA) is 77.2 Å². The molecule has 1 amide bonds. The number of nitrogen functional groups attached to an aromatic ring is 1. The fourth-order valence-corrected chi connectivity index (χ4v) is 2.78. The number of benzene rings is 1. The van der Waals surface area contributed by atoms with Crippen LogP contribution in [-0.4, -0.2) is 31.2 Å². The molecule has 0 bridgehead atoms. The number of carbonyl (C=O) groups is 1. The molecule has 0 radical (unpaired) electrons. The highest BCUT2D eigenvalue weighted by atomic mass is 16.5. The van der Waals surface area contributed by atoms with Crippen molar-refractivity contribution in [1.82, 2.24) is 10.3 Å². The zero-order chi connectivity index (χ0) is 17.2. The molecule has 0 atom stereocenters. The number of hydrogen-bond acceptors (Lipinski definition) is 4. The molecule has 126 valence electrons. The van der Waals surface area contributed by atoms with E-state index in [2.05, 4.69) is 10.3 Å². The molecule has 1 saturated carbocycles. The molecule has 1 aliphatic rings. The van der Waals surface area contributed by atoms with Crippen LogP contribution in [-0.2, 0) is 4.74 Å². The van der Waals surface area contributed by atoms with E-state index in [1.54, 1.807) is 13.3 Å². The number of rotatable bonds is 6. The van der Waals surface area contributed by atoms with Crippen LogP contribution in [0.2, 0.25) is 0 Å². The first-order valence-electron chi connectivity index (χ1n) is 8.13. The first-order chi connectivity index (χ1) is 11.5. The van der Waals surface area contributed by atoms with E-state index < -0.39 is 0 Å². The Bertz CT molecular complexity index is 737. The van der Waals surface area contributed by atoms with Crippen LogP contribution < -0.4 is 11.1 Å².